The van der Waals surface area contributed by atoms with Crippen molar-refractivity contribution in [2.75, 3.05) is 62.7 Å². The zero-order chi connectivity index (χ0) is 33.3. The van der Waals surface area contributed by atoms with Crippen molar-refractivity contribution >= 4 is 23.2 Å². The lowest BCUT2D eigenvalue weighted by molar-refractivity contribution is -0.132. The van der Waals surface area contributed by atoms with Crippen LogP contribution >= 0.6 is 0 Å². The van der Waals surface area contributed by atoms with Gasteiger partial charge in [0.1, 0.15) is 24.0 Å². The van der Waals surface area contributed by atoms with Crippen molar-refractivity contribution < 1.29 is 23.0 Å². The minimum Gasteiger partial charge on any atom is -0.483 e. The molecule has 3 saturated heterocycles. The molecule has 4 aromatic rings. The molecule has 248 valence electrons. The summed E-state index contributed by atoms with van der Waals surface area (Å²) in [4.78, 5) is 35.4. The van der Waals surface area contributed by atoms with Crippen molar-refractivity contribution in [1.82, 2.24) is 39.9 Å². The second-order valence-electron chi connectivity index (χ2n) is 12.0. The first kappa shape index (κ1) is 31.3. The molecule has 5 heterocycles. The van der Waals surface area contributed by atoms with Crippen LogP contribution in [-0.4, -0.2) is 116 Å². The number of H-pyrrole nitrogens is 1. The van der Waals surface area contributed by atoms with E-state index < -0.39 is 24.5 Å². The number of likely N-dealkylation sites (tertiary alicyclic amines) is 1. The number of carbonyl (C=O) groups is 1. The van der Waals surface area contributed by atoms with Crippen LogP contribution in [0.15, 0.2) is 48.8 Å². The predicted molar refractivity (Wildman–Crippen MR) is 169 cm³/mol. The largest absolute Gasteiger partial charge is 0.483 e. The summed E-state index contributed by atoms with van der Waals surface area (Å²) in [7, 11) is 0. The molecule has 1 atom stereocenters. The Kier molecular flexibility index (Phi) is 8.54. The summed E-state index contributed by atoms with van der Waals surface area (Å²) in [5.41, 5.74) is 2.48. The molecule has 7 rings (SSSR count). The van der Waals surface area contributed by atoms with Gasteiger partial charge >= 0.3 is 5.92 Å². The molecule has 2 aromatic carbocycles. The van der Waals surface area contributed by atoms with Crippen LogP contribution in [0.25, 0.3) is 11.4 Å². The molecule has 0 radical (unpaired) electrons. The van der Waals surface area contributed by atoms with Crippen LogP contribution in [0.4, 0.5) is 26.1 Å². The number of nitrogens with one attached hydrogen (secondary N) is 2. The van der Waals surface area contributed by atoms with E-state index in [0.717, 1.165) is 55.7 Å². The van der Waals surface area contributed by atoms with Gasteiger partial charge in [-0.2, -0.15) is 10.2 Å². The zero-order valence-corrected chi connectivity index (χ0v) is 26.1. The molecule has 0 spiro atoms. The van der Waals surface area contributed by atoms with Gasteiger partial charge in [-0.25, -0.2) is 23.7 Å². The predicted octanol–water partition coefficient (Wildman–Crippen LogP) is 3.03. The molecule has 1 unspecified atom stereocenters. The maximum Gasteiger partial charge on any atom is 0.301 e. The van der Waals surface area contributed by atoms with E-state index in [1.165, 1.54) is 18.5 Å². The van der Waals surface area contributed by atoms with Gasteiger partial charge in [0.15, 0.2) is 11.9 Å². The van der Waals surface area contributed by atoms with Gasteiger partial charge < -0.3 is 24.6 Å². The molecule has 48 heavy (non-hydrogen) atoms. The van der Waals surface area contributed by atoms with Crippen molar-refractivity contribution in [2.24, 2.45) is 0 Å². The Morgan fingerprint density at radius 3 is 2.54 bits per heavy atom. The topological polar surface area (TPSA) is 161 Å². The number of aryl methyl sites for hydroxylation is 1. The molecule has 14 nitrogen and oxygen atoms in total. The fourth-order valence-electron chi connectivity index (χ4n) is 5.99. The molecule has 2 N–H and O–H groups in total. The van der Waals surface area contributed by atoms with Crippen LogP contribution in [0.5, 0.6) is 5.75 Å². The lowest BCUT2D eigenvalue weighted by atomic mass is 10.0. The SMILES string of the molecule is Cc1nc(C(=O)N2CCC(Oc3ccc(-c4ncnc(Nc5ccc(N6CCN(C7COC7)CC6)cc5)n4)cc3C#N)C(F)(F)C2)n[nH]1. The summed E-state index contributed by atoms with van der Waals surface area (Å²) < 4.78 is 41.3. The van der Waals surface area contributed by atoms with Crippen LogP contribution < -0.4 is 15.0 Å². The smallest absolute Gasteiger partial charge is 0.301 e. The van der Waals surface area contributed by atoms with Gasteiger partial charge in [0, 0.05) is 56.1 Å². The van der Waals surface area contributed by atoms with E-state index in [0.29, 0.717) is 29.2 Å². The highest BCUT2D eigenvalue weighted by molar-refractivity contribution is 5.90. The normalized spacial score (nSPS) is 19.8. The molecule has 3 aliphatic rings. The van der Waals surface area contributed by atoms with Gasteiger partial charge in [0.25, 0.3) is 5.91 Å². The third-order valence-electron chi connectivity index (χ3n) is 8.75. The minimum atomic E-state index is -3.38. The van der Waals surface area contributed by atoms with Crippen molar-refractivity contribution in [3.05, 3.63) is 66.0 Å². The molecule has 3 fully saturated rings. The number of aromatic nitrogens is 6. The highest BCUT2D eigenvalue weighted by Gasteiger charge is 2.48. The van der Waals surface area contributed by atoms with E-state index in [1.807, 2.05) is 18.2 Å². The Morgan fingerprint density at radius 2 is 1.88 bits per heavy atom. The first-order valence-corrected chi connectivity index (χ1v) is 15.7. The number of halogens is 2. The lowest BCUT2D eigenvalue weighted by Gasteiger charge is -2.43. The Balaban J connectivity index is 0.980. The number of carbonyl (C=O) groups excluding carboxylic acids is 1. The fraction of sp³-hybridized carbons (Fsp3) is 0.406. The van der Waals surface area contributed by atoms with E-state index in [2.05, 4.69) is 57.4 Å². The van der Waals surface area contributed by atoms with Crippen molar-refractivity contribution in [3.63, 3.8) is 0 Å². The molecule has 3 aliphatic heterocycles. The Morgan fingerprint density at radius 1 is 1.08 bits per heavy atom. The summed E-state index contributed by atoms with van der Waals surface area (Å²) in [6, 6.07) is 15.2. The van der Waals surface area contributed by atoms with E-state index in [9.17, 15) is 10.1 Å². The summed E-state index contributed by atoms with van der Waals surface area (Å²) in [5, 5.41) is 19.4. The maximum absolute atomic E-state index is 15.2. The van der Waals surface area contributed by atoms with E-state index in [4.69, 9.17) is 9.47 Å². The van der Waals surface area contributed by atoms with Crippen LogP contribution in [0.1, 0.15) is 28.4 Å². The number of nitriles is 1. The molecule has 2 aromatic heterocycles. The zero-order valence-electron chi connectivity index (χ0n) is 26.1. The summed E-state index contributed by atoms with van der Waals surface area (Å²) in [6.07, 6.45) is -0.331. The highest BCUT2D eigenvalue weighted by Crippen LogP contribution is 2.34. The molecule has 0 saturated carbocycles. The third kappa shape index (κ3) is 6.60. The first-order chi connectivity index (χ1) is 23.3. The molecule has 0 bridgehead atoms. The molecular formula is C32H33F2N11O3. The Hall–Kier alpha value is -5.27. The summed E-state index contributed by atoms with van der Waals surface area (Å²) in [6.45, 7) is 6.38. The van der Waals surface area contributed by atoms with Crippen LogP contribution in [0.3, 0.4) is 0 Å². The van der Waals surface area contributed by atoms with Crippen LogP contribution in [0, 0.1) is 18.3 Å². The van der Waals surface area contributed by atoms with Gasteiger partial charge in [-0.1, -0.05) is 0 Å². The second-order valence-corrected chi connectivity index (χ2v) is 12.0. The number of alkyl halides is 2. The van der Waals surface area contributed by atoms with Gasteiger partial charge in [0.05, 0.1) is 31.4 Å². The molecule has 0 aliphatic carbocycles. The Bertz CT molecular complexity index is 1820. The quantitative estimate of drug-likeness (QED) is 0.286. The number of hydrogen-bond donors (Lipinski definition) is 2. The van der Waals surface area contributed by atoms with Gasteiger partial charge in [-0.3, -0.25) is 14.8 Å². The number of benzene rings is 2. The number of nitrogens with zero attached hydrogens (tertiary/aromatic N) is 9. The summed E-state index contributed by atoms with van der Waals surface area (Å²) >= 11 is 0. The van der Waals surface area contributed by atoms with Crippen LogP contribution in [0.2, 0.25) is 0 Å². The molecular weight excluding hydrogens is 624 g/mol. The lowest BCUT2D eigenvalue weighted by Crippen LogP contribution is -2.56. The summed E-state index contributed by atoms with van der Waals surface area (Å²) in [5.74, 6) is -3.22. The average Bonchev–Trinajstić information content (AvgIpc) is 3.51. The minimum absolute atomic E-state index is 0.00116. The fourth-order valence-corrected chi connectivity index (χ4v) is 5.99. The number of amides is 1. The van der Waals surface area contributed by atoms with Crippen molar-refractivity contribution in [2.45, 2.75) is 31.4 Å². The third-order valence-corrected chi connectivity index (χ3v) is 8.75. The number of ether oxygens (including phenoxy) is 2. The number of anilines is 3. The maximum atomic E-state index is 15.2. The standard InChI is InChI=1S/C32H33F2N11O3/c1-20-38-29(42-41-20)30(46)45-9-8-27(32(33,34)18-45)48-26-7-2-21(14-22(26)15-35)28-36-19-37-31(40-28)39-23-3-5-24(6-4-23)43-10-12-44(13-11-43)25-16-47-17-25/h2-7,14,19,25,27H,8-13,16-18H2,1H3,(H,38,41,42)(H,36,37,39,40). The number of piperazine rings is 1. The number of hydrogen-bond acceptors (Lipinski definition) is 12. The van der Waals surface area contributed by atoms with Crippen LogP contribution in [-0.2, 0) is 4.74 Å². The Labute approximate surface area is 274 Å². The highest BCUT2D eigenvalue weighted by atomic mass is 19.3. The van der Waals surface area contributed by atoms with E-state index in [-0.39, 0.29) is 30.1 Å². The molecule has 1 amide bonds. The second kappa shape index (κ2) is 13.1. The van der Waals surface area contributed by atoms with Gasteiger partial charge in [-0.05, 0) is 49.4 Å². The van der Waals surface area contributed by atoms with E-state index in [1.54, 1.807) is 13.0 Å². The number of rotatable bonds is 8. The van der Waals surface area contributed by atoms with Gasteiger partial charge in [0.2, 0.25) is 11.8 Å². The van der Waals surface area contributed by atoms with Crippen molar-refractivity contribution in [1.29, 1.82) is 5.26 Å². The monoisotopic (exact) mass is 657 g/mol. The number of piperidine rings is 1. The number of aromatic amines is 1. The molecule has 16 heteroatoms. The van der Waals surface area contributed by atoms with E-state index >= 15 is 8.78 Å². The average molecular weight is 658 g/mol. The first-order valence-electron chi connectivity index (χ1n) is 15.7. The van der Waals surface area contributed by atoms with Gasteiger partial charge in [-0.15, -0.1) is 5.10 Å². The van der Waals surface area contributed by atoms with Crippen molar-refractivity contribution in [3.8, 4) is 23.2 Å².